The van der Waals surface area contributed by atoms with E-state index < -0.39 is 0 Å². The molecule has 7 heteroatoms. The van der Waals surface area contributed by atoms with Crippen molar-refractivity contribution in [1.29, 1.82) is 0 Å². The zero-order valence-electron chi connectivity index (χ0n) is 14.5. The molecular weight excluding hydrogens is 371 g/mol. The number of fused-ring (bicyclic) bond motifs is 1. The summed E-state index contributed by atoms with van der Waals surface area (Å²) in [6, 6.07) is 5.40. The summed E-state index contributed by atoms with van der Waals surface area (Å²) in [5.41, 5.74) is 3.07. The molecule has 1 atom stereocenters. The maximum absolute atomic E-state index is 13.1. The number of imidazole rings is 1. The topological polar surface area (TPSA) is 52.2 Å². The predicted octanol–water partition coefficient (Wildman–Crippen LogP) is 3.48. The molecule has 1 saturated heterocycles. The van der Waals surface area contributed by atoms with E-state index in [4.69, 9.17) is 23.2 Å². The zero-order valence-corrected chi connectivity index (χ0v) is 16.1. The fourth-order valence-electron chi connectivity index (χ4n) is 3.97. The summed E-state index contributed by atoms with van der Waals surface area (Å²) in [5.74, 6) is 0.112. The molecule has 138 valence electrons. The number of likely N-dealkylation sites (tertiary alicyclic amines) is 1. The van der Waals surface area contributed by atoms with Crippen molar-refractivity contribution in [1.82, 2.24) is 19.8 Å². The molecule has 26 heavy (non-hydrogen) atoms. The lowest BCUT2D eigenvalue weighted by Crippen LogP contribution is -2.45. The minimum Gasteiger partial charge on any atom is -0.348 e. The third kappa shape index (κ3) is 3.61. The standard InChI is InChI=1S/C19H22Cl2N4O/c20-14-4-3-13(9-15(14)21)10-18(26)25-8-5-16-19(23-12-22-16)17(25)11-24-6-1-2-7-24/h3-4,9,12,17H,1-2,5-8,10-11H2,(H,22,23)/t17-/m1/s1. The Morgan fingerprint density at radius 2 is 2.00 bits per heavy atom. The molecule has 2 aromatic rings. The second-order valence-electron chi connectivity index (χ2n) is 7.05. The van der Waals surface area contributed by atoms with Gasteiger partial charge in [-0.25, -0.2) is 4.98 Å². The number of H-pyrrole nitrogens is 1. The van der Waals surface area contributed by atoms with Crippen LogP contribution in [0, 0.1) is 0 Å². The van der Waals surface area contributed by atoms with Gasteiger partial charge in [-0.05, 0) is 43.6 Å². The Hall–Kier alpha value is -1.56. The lowest BCUT2D eigenvalue weighted by molar-refractivity contribution is -0.134. The zero-order chi connectivity index (χ0) is 18.1. The summed E-state index contributed by atoms with van der Waals surface area (Å²) in [7, 11) is 0. The highest BCUT2D eigenvalue weighted by Crippen LogP contribution is 2.30. The number of amides is 1. The van der Waals surface area contributed by atoms with Crippen molar-refractivity contribution in [3.8, 4) is 0 Å². The van der Waals surface area contributed by atoms with Gasteiger partial charge in [0, 0.05) is 25.2 Å². The Morgan fingerprint density at radius 3 is 2.77 bits per heavy atom. The van der Waals surface area contributed by atoms with E-state index in [0.29, 0.717) is 23.0 Å². The van der Waals surface area contributed by atoms with Crippen molar-refractivity contribution in [2.24, 2.45) is 0 Å². The van der Waals surface area contributed by atoms with Crippen LogP contribution < -0.4 is 0 Å². The molecular formula is C19H22Cl2N4O. The molecule has 0 bridgehead atoms. The highest BCUT2D eigenvalue weighted by molar-refractivity contribution is 6.42. The molecule has 0 radical (unpaired) electrons. The molecule has 5 nitrogen and oxygen atoms in total. The number of aromatic amines is 1. The van der Waals surface area contributed by atoms with Crippen molar-refractivity contribution in [2.75, 3.05) is 26.2 Å². The molecule has 2 aliphatic rings. The van der Waals surface area contributed by atoms with Crippen LogP contribution in [0.4, 0.5) is 0 Å². The minimum atomic E-state index is 0.0124. The van der Waals surface area contributed by atoms with Crippen LogP contribution in [0.15, 0.2) is 24.5 Å². The summed E-state index contributed by atoms with van der Waals surface area (Å²) < 4.78 is 0. The van der Waals surface area contributed by atoms with Gasteiger partial charge in [-0.1, -0.05) is 29.3 Å². The molecule has 3 heterocycles. The van der Waals surface area contributed by atoms with E-state index in [9.17, 15) is 4.79 Å². The first-order valence-corrected chi connectivity index (χ1v) is 9.85. The maximum Gasteiger partial charge on any atom is 0.227 e. The van der Waals surface area contributed by atoms with Crippen LogP contribution in [0.25, 0.3) is 0 Å². The van der Waals surface area contributed by atoms with E-state index in [-0.39, 0.29) is 11.9 Å². The first kappa shape index (κ1) is 17.8. The second kappa shape index (κ2) is 7.59. The summed E-state index contributed by atoms with van der Waals surface area (Å²) in [6.07, 6.45) is 5.36. The van der Waals surface area contributed by atoms with Gasteiger partial charge in [-0.2, -0.15) is 0 Å². The van der Waals surface area contributed by atoms with Crippen LogP contribution in [-0.4, -0.2) is 51.9 Å². The molecule has 1 fully saturated rings. The van der Waals surface area contributed by atoms with Crippen molar-refractivity contribution in [3.05, 3.63) is 51.5 Å². The van der Waals surface area contributed by atoms with Crippen LogP contribution in [0.5, 0.6) is 0 Å². The number of nitrogens with zero attached hydrogens (tertiary/aromatic N) is 3. The number of rotatable bonds is 4. The largest absolute Gasteiger partial charge is 0.348 e. The highest BCUT2D eigenvalue weighted by Gasteiger charge is 2.34. The lowest BCUT2D eigenvalue weighted by atomic mass is 10.0. The Morgan fingerprint density at radius 1 is 1.19 bits per heavy atom. The molecule has 1 aromatic carbocycles. The number of carbonyl (C=O) groups excluding carboxylic acids is 1. The normalized spacial score (nSPS) is 20.4. The van der Waals surface area contributed by atoms with Crippen LogP contribution in [0.2, 0.25) is 10.0 Å². The van der Waals surface area contributed by atoms with Crippen molar-refractivity contribution < 1.29 is 4.79 Å². The molecule has 0 saturated carbocycles. The molecule has 0 unspecified atom stereocenters. The lowest BCUT2D eigenvalue weighted by Gasteiger charge is -2.37. The van der Waals surface area contributed by atoms with Gasteiger partial charge in [-0.15, -0.1) is 0 Å². The number of halogens is 2. The number of benzene rings is 1. The number of hydrogen-bond donors (Lipinski definition) is 1. The Balaban J connectivity index is 1.54. The summed E-state index contributed by atoms with van der Waals surface area (Å²) >= 11 is 12.1. The van der Waals surface area contributed by atoms with E-state index >= 15 is 0 Å². The Kier molecular flexibility index (Phi) is 5.20. The highest BCUT2D eigenvalue weighted by atomic mass is 35.5. The van der Waals surface area contributed by atoms with Crippen molar-refractivity contribution in [2.45, 2.75) is 31.7 Å². The van der Waals surface area contributed by atoms with Crippen molar-refractivity contribution in [3.63, 3.8) is 0 Å². The fraction of sp³-hybridized carbons (Fsp3) is 0.474. The molecule has 0 aliphatic carbocycles. The monoisotopic (exact) mass is 392 g/mol. The predicted molar refractivity (Wildman–Crippen MR) is 103 cm³/mol. The van der Waals surface area contributed by atoms with Gasteiger partial charge in [0.2, 0.25) is 5.91 Å². The third-order valence-corrected chi connectivity index (χ3v) is 6.07. The number of aromatic nitrogens is 2. The van der Waals surface area contributed by atoms with E-state index in [1.54, 1.807) is 18.5 Å². The first-order valence-electron chi connectivity index (χ1n) is 9.09. The van der Waals surface area contributed by atoms with Gasteiger partial charge >= 0.3 is 0 Å². The van der Waals surface area contributed by atoms with Crippen LogP contribution in [-0.2, 0) is 17.6 Å². The summed E-state index contributed by atoms with van der Waals surface area (Å²) in [6.45, 7) is 3.77. The van der Waals surface area contributed by atoms with Crippen molar-refractivity contribution >= 4 is 29.1 Å². The van der Waals surface area contributed by atoms with Crippen LogP contribution in [0.3, 0.4) is 0 Å². The average Bonchev–Trinajstić information content (AvgIpc) is 3.29. The second-order valence-corrected chi connectivity index (χ2v) is 7.87. The van der Waals surface area contributed by atoms with E-state index in [2.05, 4.69) is 14.9 Å². The Labute approximate surface area is 163 Å². The van der Waals surface area contributed by atoms with Crippen LogP contribution >= 0.6 is 23.2 Å². The Bertz CT molecular complexity index is 801. The smallest absolute Gasteiger partial charge is 0.227 e. The molecule has 1 aromatic heterocycles. The van der Waals surface area contributed by atoms with Gasteiger partial charge < -0.3 is 14.8 Å². The third-order valence-electron chi connectivity index (χ3n) is 5.34. The van der Waals surface area contributed by atoms with Gasteiger partial charge in [0.15, 0.2) is 0 Å². The molecule has 0 spiro atoms. The molecule has 2 aliphatic heterocycles. The van der Waals surface area contributed by atoms with E-state index in [0.717, 1.165) is 43.0 Å². The van der Waals surface area contributed by atoms with E-state index in [1.165, 1.54) is 12.8 Å². The summed E-state index contributed by atoms with van der Waals surface area (Å²) in [5, 5.41) is 0.993. The fourth-order valence-corrected chi connectivity index (χ4v) is 4.29. The SMILES string of the molecule is O=C(Cc1ccc(Cl)c(Cl)c1)N1CCc2[nH]cnc2[C@H]1CN1CCCC1. The molecule has 1 amide bonds. The van der Waals surface area contributed by atoms with Gasteiger partial charge in [0.1, 0.15) is 0 Å². The minimum absolute atomic E-state index is 0.0124. The number of nitrogens with one attached hydrogen (secondary N) is 1. The quantitative estimate of drug-likeness (QED) is 0.866. The average molecular weight is 393 g/mol. The number of carbonyl (C=O) groups is 1. The summed E-state index contributed by atoms with van der Waals surface area (Å²) in [4.78, 5) is 25.3. The maximum atomic E-state index is 13.1. The first-order chi connectivity index (χ1) is 12.6. The van der Waals surface area contributed by atoms with Gasteiger partial charge in [-0.3, -0.25) is 4.79 Å². The van der Waals surface area contributed by atoms with E-state index in [1.807, 2.05) is 11.0 Å². The van der Waals surface area contributed by atoms with Gasteiger partial charge in [0.05, 0.1) is 34.5 Å². The van der Waals surface area contributed by atoms with Crippen LogP contribution in [0.1, 0.15) is 35.8 Å². The van der Waals surface area contributed by atoms with Gasteiger partial charge in [0.25, 0.3) is 0 Å². The number of hydrogen-bond acceptors (Lipinski definition) is 3. The molecule has 1 N–H and O–H groups in total. The molecule has 4 rings (SSSR count).